The lowest BCUT2D eigenvalue weighted by Gasteiger charge is -2.33. The Morgan fingerprint density at radius 1 is 0.825 bits per heavy atom. The van der Waals surface area contributed by atoms with Crippen molar-refractivity contribution < 1.29 is 9.47 Å². The van der Waals surface area contributed by atoms with E-state index in [9.17, 15) is 0 Å². The molecule has 0 amide bonds. The maximum absolute atomic E-state index is 6.87. The predicted molar refractivity (Wildman–Crippen MR) is 163 cm³/mol. The summed E-state index contributed by atoms with van der Waals surface area (Å²) in [7, 11) is 0. The maximum Gasteiger partial charge on any atom is 0.129 e. The Kier molecular flexibility index (Phi) is 7.39. The van der Waals surface area contributed by atoms with Gasteiger partial charge in [-0.1, -0.05) is 79.9 Å². The third-order valence-electron chi connectivity index (χ3n) is 9.59. The van der Waals surface area contributed by atoms with Gasteiger partial charge in [0.15, 0.2) is 0 Å². The lowest BCUT2D eigenvalue weighted by atomic mass is 9.81. The molecule has 2 aliphatic heterocycles. The lowest BCUT2D eigenvalue weighted by molar-refractivity contribution is -0.0459. The molecular weight excluding hydrogens is 492 g/mol. The van der Waals surface area contributed by atoms with E-state index in [2.05, 4.69) is 95.3 Å². The Balaban J connectivity index is 1.22. The summed E-state index contributed by atoms with van der Waals surface area (Å²) >= 11 is 0. The van der Waals surface area contributed by atoms with E-state index in [0.717, 1.165) is 32.0 Å². The van der Waals surface area contributed by atoms with Crippen molar-refractivity contribution in [3.8, 4) is 17.0 Å². The van der Waals surface area contributed by atoms with E-state index in [1.807, 2.05) is 0 Å². The van der Waals surface area contributed by atoms with Gasteiger partial charge in [0.2, 0.25) is 0 Å². The normalized spacial score (nSPS) is 23.8. The van der Waals surface area contributed by atoms with E-state index in [1.54, 1.807) is 0 Å². The Hall–Kier alpha value is -3.08. The fraction of sp³-hybridized carbons (Fsp3) is 0.444. The topological polar surface area (TPSA) is 26.6 Å². The van der Waals surface area contributed by atoms with Crippen molar-refractivity contribution in [2.24, 2.45) is 0 Å². The molecule has 2 unspecified atom stereocenters. The minimum atomic E-state index is -0.0439. The number of likely N-dealkylation sites (tertiary alicyclic amines) is 1. The van der Waals surface area contributed by atoms with E-state index in [0.29, 0.717) is 12.0 Å². The Morgan fingerprint density at radius 2 is 1.60 bits per heavy atom. The lowest BCUT2D eigenvalue weighted by Crippen LogP contribution is -2.40. The molecule has 40 heavy (non-hydrogen) atoms. The highest BCUT2D eigenvalue weighted by Crippen LogP contribution is 2.47. The van der Waals surface area contributed by atoms with E-state index in [4.69, 9.17) is 9.47 Å². The van der Waals surface area contributed by atoms with Crippen LogP contribution in [0.1, 0.15) is 68.9 Å². The number of benzene rings is 3. The van der Waals surface area contributed by atoms with Crippen LogP contribution < -0.4 is 4.74 Å². The Morgan fingerprint density at radius 3 is 2.48 bits per heavy atom. The zero-order valence-electron chi connectivity index (χ0n) is 23.8. The quantitative estimate of drug-likeness (QED) is 0.249. The molecule has 0 N–H and O–H groups in total. The molecule has 4 heteroatoms. The van der Waals surface area contributed by atoms with Crippen molar-refractivity contribution in [3.05, 3.63) is 90.0 Å². The van der Waals surface area contributed by atoms with Crippen LogP contribution in [-0.4, -0.2) is 40.9 Å². The first-order valence-corrected chi connectivity index (χ1v) is 15.5. The van der Waals surface area contributed by atoms with E-state index < -0.39 is 0 Å². The molecule has 4 nitrogen and oxygen atoms in total. The molecule has 7 rings (SSSR count). The van der Waals surface area contributed by atoms with Gasteiger partial charge in [0, 0.05) is 29.1 Å². The van der Waals surface area contributed by atoms with Crippen molar-refractivity contribution in [1.82, 2.24) is 9.47 Å². The van der Waals surface area contributed by atoms with Gasteiger partial charge in [0.05, 0.1) is 18.8 Å². The summed E-state index contributed by atoms with van der Waals surface area (Å²) in [6.07, 6.45) is 8.93. The van der Waals surface area contributed by atoms with Crippen LogP contribution in [0.25, 0.3) is 22.2 Å². The fourth-order valence-electron chi connectivity index (χ4n) is 7.52. The SMILES string of the molecule is CC1Oc2ccccc2-c2c(C3CCCCC3)c3ccccc3n2C[C@@H]1OCC1CCCN1Cc1ccccc1. The van der Waals surface area contributed by atoms with Crippen molar-refractivity contribution in [3.63, 3.8) is 0 Å². The number of aromatic nitrogens is 1. The standard InChI is InChI=1S/C36H42N2O2/c1-26-34(39-25-29-17-12-22-37(29)23-27-13-4-2-5-14-27)24-38-32-20-10-8-18-30(32)35(28-15-6-3-7-16-28)36(38)31-19-9-11-21-33(31)40-26/h2,4-5,8-11,13-14,18-21,26,28-29,34H,3,6-7,12,15-17,22-25H2,1H3/t26?,29?,34-/m0/s1. The minimum absolute atomic E-state index is 0.0266. The summed E-state index contributed by atoms with van der Waals surface area (Å²) in [6.45, 7) is 5.89. The highest BCUT2D eigenvalue weighted by Gasteiger charge is 2.34. The molecule has 0 radical (unpaired) electrons. The van der Waals surface area contributed by atoms with Gasteiger partial charge in [0.1, 0.15) is 18.0 Å². The number of rotatable bonds is 6. The van der Waals surface area contributed by atoms with Gasteiger partial charge >= 0.3 is 0 Å². The third kappa shape index (κ3) is 4.97. The highest BCUT2D eigenvalue weighted by atomic mass is 16.5. The molecular formula is C36H42N2O2. The number of hydrogen-bond donors (Lipinski definition) is 0. The molecule has 2 fully saturated rings. The Bertz CT molecular complexity index is 1440. The summed E-state index contributed by atoms with van der Waals surface area (Å²) in [5.74, 6) is 1.58. The number of fused-ring (bicyclic) bond motifs is 5. The molecule has 3 atom stereocenters. The predicted octanol–water partition coefficient (Wildman–Crippen LogP) is 8.19. The third-order valence-corrected chi connectivity index (χ3v) is 9.59. The molecule has 1 saturated carbocycles. The number of para-hydroxylation sites is 2. The first kappa shape index (κ1) is 25.9. The van der Waals surface area contributed by atoms with Crippen LogP contribution in [0.4, 0.5) is 0 Å². The van der Waals surface area contributed by atoms with Gasteiger partial charge in [-0.05, 0) is 74.4 Å². The first-order chi connectivity index (χ1) is 19.8. The Labute approximate surface area is 238 Å². The molecule has 3 aliphatic rings. The molecule has 208 valence electrons. The minimum Gasteiger partial charge on any atom is -0.487 e. The van der Waals surface area contributed by atoms with Gasteiger partial charge in [-0.25, -0.2) is 0 Å². The van der Waals surface area contributed by atoms with Gasteiger partial charge < -0.3 is 14.0 Å². The van der Waals surface area contributed by atoms with Crippen LogP contribution in [0.3, 0.4) is 0 Å². The van der Waals surface area contributed by atoms with Gasteiger partial charge in [-0.3, -0.25) is 4.90 Å². The van der Waals surface area contributed by atoms with Crippen molar-refractivity contribution >= 4 is 10.9 Å². The molecule has 0 bridgehead atoms. The van der Waals surface area contributed by atoms with Crippen LogP contribution in [0.5, 0.6) is 5.75 Å². The van der Waals surface area contributed by atoms with Crippen LogP contribution in [0.2, 0.25) is 0 Å². The summed E-state index contributed by atoms with van der Waals surface area (Å²) in [6, 6.07) is 29.1. The van der Waals surface area contributed by atoms with Crippen LogP contribution in [0.15, 0.2) is 78.9 Å². The first-order valence-electron chi connectivity index (χ1n) is 15.5. The number of ether oxygens (including phenoxy) is 2. The second-order valence-corrected chi connectivity index (χ2v) is 12.2. The summed E-state index contributed by atoms with van der Waals surface area (Å²) < 4.78 is 16.2. The zero-order chi connectivity index (χ0) is 26.9. The molecule has 1 aliphatic carbocycles. The maximum atomic E-state index is 6.87. The summed E-state index contributed by atoms with van der Waals surface area (Å²) in [4.78, 5) is 2.61. The second kappa shape index (κ2) is 11.4. The number of hydrogen-bond acceptors (Lipinski definition) is 3. The summed E-state index contributed by atoms with van der Waals surface area (Å²) in [5, 5.41) is 1.41. The van der Waals surface area contributed by atoms with E-state index >= 15 is 0 Å². The van der Waals surface area contributed by atoms with Crippen LogP contribution in [0, 0.1) is 0 Å². The molecule has 3 heterocycles. The van der Waals surface area contributed by atoms with E-state index in [1.165, 1.54) is 78.2 Å². The van der Waals surface area contributed by atoms with Gasteiger partial charge in [-0.2, -0.15) is 0 Å². The van der Waals surface area contributed by atoms with Crippen LogP contribution >= 0.6 is 0 Å². The smallest absolute Gasteiger partial charge is 0.129 e. The average molecular weight is 535 g/mol. The van der Waals surface area contributed by atoms with Crippen molar-refractivity contribution in [2.45, 2.75) is 89.1 Å². The second-order valence-electron chi connectivity index (χ2n) is 12.2. The monoisotopic (exact) mass is 534 g/mol. The van der Waals surface area contributed by atoms with Crippen molar-refractivity contribution in [2.75, 3.05) is 13.2 Å². The van der Waals surface area contributed by atoms with Gasteiger partial charge in [0.25, 0.3) is 0 Å². The highest BCUT2D eigenvalue weighted by molar-refractivity contribution is 5.93. The van der Waals surface area contributed by atoms with Crippen LogP contribution in [-0.2, 0) is 17.8 Å². The van der Waals surface area contributed by atoms with Crippen molar-refractivity contribution in [1.29, 1.82) is 0 Å². The largest absolute Gasteiger partial charge is 0.487 e. The van der Waals surface area contributed by atoms with Gasteiger partial charge in [-0.15, -0.1) is 0 Å². The number of nitrogens with zero attached hydrogens (tertiary/aromatic N) is 2. The van der Waals surface area contributed by atoms with E-state index in [-0.39, 0.29) is 12.2 Å². The molecule has 0 spiro atoms. The summed E-state index contributed by atoms with van der Waals surface area (Å²) in [5.41, 5.74) is 6.84. The molecule has 3 aromatic carbocycles. The molecule has 1 aromatic heterocycles. The molecule has 1 saturated heterocycles. The molecule has 4 aromatic rings. The fourth-order valence-corrected chi connectivity index (χ4v) is 7.52. The zero-order valence-corrected chi connectivity index (χ0v) is 23.8. The average Bonchev–Trinajstić information content (AvgIpc) is 3.57.